The Morgan fingerprint density at radius 1 is 1.33 bits per heavy atom. The number of piperazine rings is 1. The van der Waals surface area contributed by atoms with E-state index in [9.17, 15) is 9.18 Å². The van der Waals surface area contributed by atoms with Gasteiger partial charge in [-0.1, -0.05) is 18.2 Å². The zero-order chi connectivity index (χ0) is 27.5. The molecule has 4 heterocycles. The number of carbonyl (C=O) groups is 1. The second kappa shape index (κ2) is 11.4. The fourth-order valence-corrected chi connectivity index (χ4v) is 4.73. The molecule has 204 valence electrons. The third kappa shape index (κ3) is 5.43. The highest BCUT2D eigenvalue weighted by atomic mass is 35.5. The van der Waals surface area contributed by atoms with Gasteiger partial charge in [-0.2, -0.15) is 9.97 Å². The third-order valence-electron chi connectivity index (χ3n) is 6.67. The molecule has 39 heavy (non-hydrogen) atoms. The molecule has 13 heteroatoms. The molecule has 1 amide bonds. The van der Waals surface area contributed by atoms with Gasteiger partial charge in [0.25, 0.3) is 0 Å². The van der Waals surface area contributed by atoms with Crippen LogP contribution in [0.4, 0.5) is 15.9 Å². The fraction of sp³-hybridized carbons (Fsp3) is 0.346. The number of halogens is 2. The van der Waals surface area contributed by atoms with Gasteiger partial charge in [0.05, 0.1) is 24.2 Å². The van der Waals surface area contributed by atoms with Crippen molar-refractivity contribution in [2.24, 2.45) is 5.92 Å². The molecule has 0 bridgehead atoms. The van der Waals surface area contributed by atoms with Crippen LogP contribution >= 0.6 is 11.6 Å². The second-order valence-electron chi connectivity index (χ2n) is 9.15. The number of benzene rings is 1. The molecule has 2 aliphatic heterocycles. The number of pyridine rings is 1. The predicted octanol–water partition coefficient (Wildman–Crippen LogP) is 3.44. The van der Waals surface area contributed by atoms with Crippen LogP contribution in [-0.2, 0) is 9.53 Å². The Labute approximate surface area is 228 Å². The van der Waals surface area contributed by atoms with Gasteiger partial charge in [0.15, 0.2) is 5.75 Å². The lowest BCUT2D eigenvalue weighted by Crippen LogP contribution is -2.48. The number of hydrogen-bond acceptors (Lipinski definition) is 10. The number of rotatable bonds is 8. The average Bonchev–Trinajstić information content (AvgIpc) is 3.48. The maximum Gasteiger partial charge on any atom is 0.319 e. The number of fused-ring (bicyclic) bond motifs is 1. The van der Waals surface area contributed by atoms with Crippen LogP contribution in [0, 0.1) is 17.1 Å². The van der Waals surface area contributed by atoms with E-state index in [1.165, 1.54) is 12.3 Å². The van der Waals surface area contributed by atoms with Crippen molar-refractivity contribution in [3.8, 4) is 17.6 Å². The largest absolute Gasteiger partial charge is 0.463 e. The summed E-state index contributed by atoms with van der Waals surface area (Å²) in [5.41, 5.74) is 6.31. The molecule has 3 N–H and O–H groups in total. The van der Waals surface area contributed by atoms with E-state index in [0.717, 1.165) is 18.7 Å². The Morgan fingerprint density at radius 3 is 2.82 bits per heavy atom. The summed E-state index contributed by atoms with van der Waals surface area (Å²) in [7, 11) is 0. The summed E-state index contributed by atoms with van der Waals surface area (Å²) in [6, 6.07) is 2.89. The number of hydrogen-bond donors (Lipinski definition) is 2. The minimum atomic E-state index is -0.792. The maximum atomic E-state index is 14.4. The van der Waals surface area contributed by atoms with E-state index in [4.69, 9.17) is 41.9 Å². The lowest BCUT2D eigenvalue weighted by molar-refractivity contribution is -0.126. The summed E-state index contributed by atoms with van der Waals surface area (Å²) in [5, 5.41) is 8.01. The molecule has 0 spiro atoms. The van der Waals surface area contributed by atoms with Crippen LogP contribution in [0.3, 0.4) is 0 Å². The molecule has 2 aromatic heterocycles. The molecule has 0 radical (unpaired) electrons. The maximum absolute atomic E-state index is 14.4. The van der Waals surface area contributed by atoms with Crippen molar-refractivity contribution in [1.82, 2.24) is 19.9 Å². The smallest absolute Gasteiger partial charge is 0.319 e. The first-order valence-corrected chi connectivity index (χ1v) is 12.8. The minimum absolute atomic E-state index is 0.00722. The minimum Gasteiger partial charge on any atom is -0.463 e. The van der Waals surface area contributed by atoms with E-state index in [1.807, 2.05) is 4.90 Å². The molecule has 3 aromatic rings. The van der Waals surface area contributed by atoms with E-state index < -0.39 is 5.82 Å². The molecule has 2 aliphatic rings. The first-order chi connectivity index (χ1) is 18.9. The lowest BCUT2D eigenvalue weighted by Gasteiger charge is -2.35. The first-order valence-electron chi connectivity index (χ1n) is 12.4. The van der Waals surface area contributed by atoms with E-state index in [2.05, 4.69) is 16.5 Å². The molecule has 0 aliphatic carbocycles. The van der Waals surface area contributed by atoms with Gasteiger partial charge in [-0.05, 0) is 24.6 Å². The molecule has 5 rings (SSSR count). The van der Waals surface area contributed by atoms with Gasteiger partial charge in [-0.15, -0.1) is 0 Å². The summed E-state index contributed by atoms with van der Waals surface area (Å²) in [6.07, 6.45) is 4.63. The van der Waals surface area contributed by atoms with Crippen LogP contribution in [0.25, 0.3) is 10.9 Å². The Morgan fingerprint density at radius 2 is 2.13 bits per heavy atom. The second-order valence-corrected chi connectivity index (χ2v) is 9.53. The zero-order valence-corrected chi connectivity index (χ0v) is 21.8. The van der Waals surface area contributed by atoms with Crippen molar-refractivity contribution in [3.63, 3.8) is 0 Å². The summed E-state index contributed by atoms with van der Waals surface area (Å²) >= 11 is 6.20. The average molecular weight is 556 g/mol. The fourth-order valence-electron chi connectivity index (χ4n) is 4.53. The molecule has 11 nitrogen and oxygen atoms in total. The molecular weight excluding hydrogens is 529 g/mol. The number of nitrogens with one attached hydrogen (secondary N) is 1. The molecule has 2 fully saturated rings. The van der Waals surface area contributed by atoms with E-state index in [0.29, 0.717) is 62.7 Å². The molecule has 0 saturated carbocycles. The molecule has 1 aromatic carbocycles. The number of nitrogens with zero attached hydrogens (tertiary/aromatic N) is 5. The Balaban J connectivity index is 1.55. The monoisotopic (exact) mass is 555 g/mol. The van der Waals surface area contributed by atoms with Gasteiger partial charge in [0.2, 0.25) is 11.8 Å². The van der Waals surface area contributed by atoms with Gasteiger partial charge in [0.1, 0.15) is 22.2 Å². The van der Waals surface area contributed by atoms with E-state index >= 15 is 0 Å². The summed E-state index contributed by atoms with van der Waals surface area (Å²) in [6.45, 7) is 7.22. The van der Waals surface area contributed by atoms with Crippen molar-refractivity contribution >= 4 is 46.1 Å². The SMILES string of the molecule is C=CC(=O)N1CCN(c2nc(OC[C@@H]3CCOC3)nc3c(Oc4c(Cl)c(F)cc(N)c4C=N)nccc23)CC1. The van der Waals surface area contributed by atoms with Crippen LogP contribution in [0.1, 0.15) is 12.0 Å². The number of amides is 1. The summed E-state index contributed by atoms with van der Waals surface area (Å²) in [4.78, 5) is 29.4. The predicted molar refractivity (Wildman–Crippen MR) is 145 cm³/mol. The van der Waals surface area contributed by atoms with Crippen molar-refractivity contribution < 1.29 is 23.4 Å². The first kappa shape index (κ1) is 26.6. The molecule has 2 saturated heterocycles. The Bertz CT molecular complexity index is 1430. The standard InChI is InChI=1S/C26H27ClFN7O4/c1-2-20(36)34-6-8-35(9-7-34)24-16-3-5-31-25(39-23-17(12-29)19(30)11-18(28)21(23)27)22(16)32-26(33-24)38-14-15-4-10-37-13-15/h2-3,5,11-12,15,29H,1,4,6-10,13-14,30H2/t15-/m1/s1. The lowest BCUT2D eigenvalue weighted by atomic mass is 10.1. The number of nitrogens with two attached hydrogens (primary N) is 1. The van der Waals surface area contributed by atoms with Crippen molar-refractivity contribution in [2.75, 3.05) is 56.6 Å². The van der Waals surface area contributed by atoms with Crippen LogP contribution in [-0.4, -0.2) is 78.0 Å². The highest BCUT2D eigenvalue weighted by molar-refractivity contribution is 6.33. The van der Waals surface area contributed by atoms with Gasteiger partial charge in [0, 0.05) is 56.8 Å². The zero-order valence-electron chi connectivity index (χ0n) is 21.0. The van der Waals surface area contributed by atoms with E-state index in [-0.39, 0.29) is 45.7 Å². The number of anilines is 2. The summed E-state index contributed by atoms with van der Waals surface area (Å²) in [5.74, 6) is -0.256. The highest BCUT2D eigenvalue weighted by Gasteiger charge is 2.26. The number of carbonyl (C=O) groups excluding carboxylic acids is 1. The number of ether oxygens (including phenoxy) is 3. The van der Waals surface area contributed by atoms with Crippen LogP contribution in [0.15, 0.2) is 31.0 Å². The van der Waals surface area contributed by atoms with Crippen molar-refractivity contribution in [1.29, 1.82) is 5.41 Å². The molecule has 1 atom stereocenters. The topological polar surface area (TPSA) is 140 Å². The van der Waals surface area contributed by atoms with Crippen LogP contribution in [0.5, 0.6) is 17.6 Å². The van der Waals surface area contributed by atoms with Crippen molar-refractivity contribution in [3.05, 3.63) is 47.4 Å². The highest BCUT2D eigenvalue weighted by Crippen LogP contribution is 2.40. The van der Waals surface area contributed by atoms with Gasteiger partial charge < -0.3 is 35.2 Å². The van der Waals surface area contributed by atoms with Gasteiger partial charge >= 0.3 is 6.01 Å². The Hall–Kier alpha value is -4.03. The van der Waals surface area contributed by atoms with Crippen LogP contribution in [0.2, 0.25) is 5.02 Å². The molecule has 0 unspecified atom stereocenters. The quantitative estimate of drug-likeness (QED) is 0.243. The van der Waals surface area contributed by atoms with Gasteiger partial charge in [-0.25, -0.2) is 9.37 Å². The van der Waals surface area contributed by atoms with E-state index in [1.54, 1.807) is 11.0 Å². The molecular formula is C26H27ClFN7O4. The number of aromatic nitrogens is 3. The normalized spacial score (nSPS) is 17.3. The third-order valence-corrected chi connectivity index (χ3v) is 7.02. The van der Waals surface area contributed by atoms with Crippen molar-refractivity contribution in [2.45, 2.75) is 6.42 Å². The number of nitrogen functional groups attached to an aromatic ring is 1. The Kier molecular flexibility index (Phi) is 7.75. The van der Waals surface area contributed by atoms with Gasteiger partial charge in [-0.3, -0.25) is 4.79 Å². The summed E-state index contributed by atoms with van der Waals surface area (Å²) < 4.78 is 31.8. The van der Waals surface area contributed by atoms with Crippen LogP contribution < -0.4 is 20.1 Å².